The highest BCUT2D eigenvalue weighted by Crippen LogP contribution is 2.26. The van der Waals surface area contributed by atoms with Crippen molar-refractivity contribution in [3.8, 4) is 0 Å². The molecule has 1 N–H and O–H groups in total. The first-order chi connectivity index (χ1) is 9.54. The average Bonchev–Trinajstić information content (AvgIpc) is 2.74. The van der Waals surface area contributed by atoms with Crippen LogP contribution in [0, 0.1) is 5.82 Å². The van der Waals surface area contributed by atoms with Gasteiger partial charge in [0.1, 0.15) is 5.82 Å². The van der Waals surface area contributed by atoms with Gasteiger partial charge in [0.25, 0.3) is 0 Å². The molecule has 0 amide bonds. The molecule has 0 fully saturated rings. The Hall–Kier alpha value is -0.980. The van der Waals surface area contributed by atoms with Crippen LogP contribution in [0.25, 0.3) is 0 Å². The summed E-state index contributed by atoms with van der Waals surface area (Å²) in [7, 11) is 1.81. The topological polar surface area (TPSA) is 42.7 Å². The van der Waals surface area contributed by atoms with Crippen LogP contribution in [0.1, 0.15) is 24.2 Å². The Labute approximate surface area is 130 Å². The van der Waals surface area contributed by atoms with Gasteiger partial charge in [0.2, 0.25) is 0 Å². The Morgan fingerprint density at radius 3 is 2.85 bits per heavy atom. The van der Waals surface area contributed by atoms with Crippen molar-refractivity contribution < 1.29 is 4.39 Å². The summed E-state index contributed by atoms with van der Waals surface area (Å²) in [5, 5.41) is 11.4. The molecule has 4 nitrogen and oxygen atoms in total. The van der Waals surface area contributed by atoms with Crippen molar-refractivity contribution in [1.82, 2.24) is 20.3 Å². The lowest BCUT2D eigenvalue weighted by atomic mass is 10.0. The largest absolute Gasteiger partial charge is 0.309 e. The van der Waals surface area contributed by atoms with Crippen molar-refractivity contribution in [2.24, 2.45) is 7.05 Å². The fourth-order valence-electron chi connectivity index (χ4n) is 2.15. The Kier molecular flexibility index (Phi) is 5.12. The van der Waals surface area contributed by atoms with Crippen LogP contribution in [0.5, 0.6) is 0 Å². The van der Waals surface area contributed by atoms with E-state index in [1.165, 1.54) is 0 Å². The van der Waals surface area contributed by atoms with Gasteiger partial charge in [-0.15, -0.1) is 5.10 Å². The summed E-state index contributed by atoms with van der Waals surface area (Å²) >= 11 is 9.21. The summed E-state index contributed by atoms with van der Waals surface area (Å²) < 4.78 is 16.4. The van der Waals surface area contributed by atoms with Crippen molar-refractivity contribution in [2.75, 3.05) is 6.54 Å². The molecule has 7 heteroatoms. The zero-order valence-electron chi connectivity index (χ0n) is 11.2. The second-order valence-electron chi connectivity index (χ2n) is 4.42. The third kappa shape index (κ3) is 3.19. The Morgan fingerprint density at radius 2 is 2.25 bits per heavy atom. The number of aromatic nitrogens is 3. The molecule has 0 saturated carbocycles. The predicted octanol–water partition coefficient (Wildman–Crippen LogP) is 3.26. The van der Waals surface area contributed by atoms with E-state index in [-0.39, 0.29) is 16.9 Å². The highest BCUT2D eigenvalue weighted by Gasteiger charge is 2.21. The maximum absolute atomic E-state index is 14.0. The van der Waals surface area contributed by atoms with Crippen LogP contribution in [-0.2, 0) is 13.5 Å². The van der Waals surface area contributed by atoms with Crippen molar-refractivity contribution in [2.45, 2.75) is 19.4 Å². The minimum atomic E-state index is -0.372. The van der Waals surface area contributed by atoms with Gasteiger partial charge in [-0.3, -0.25) is 0 Å². The lowest BCUT2D eigenvalue weighted by molar-refractivity contribution is 0.492. The third-order valence-electron chi connectivity index (χ3n) is 3.06. The lowest BCUT2D eigenvalue weighted by Crippen LogP contribution is -2.26. The molecule has 0 saturated heterocycles. The first kappa shape index (κ1) is 15.4. The van der Waals surface area contributed by atoms with Crippen molar-refractivity contribution in [3.05, 3.63) is 44.9 Å². The molecule has 108 valence electrons. The number of hydrogen-bond donors (Lipinski definition) is 1. The molecule has 1 heterocycles. The minimum Gasteiger partial charge on any atom is -0.309 e. The first-order valence-electron chi connectivity index (χ1n) is 6.26. The van der Waals surface area contributed by atoms with Gasteiger partial charge in [-0.25, -0.2) is 9.07 Å². The van der Waals surface area contributed by atoms with Crippen LogP contribution in [0.3, 0.4) is 0 Å². The van der Waals surface area contributed by atoms with Gasteiger partial charge in [0.05, 0.1) is 16.8 Å². The molecule has 0 aliphatic carbocycles. The number of nitrogens with one attached hydrogen (secondary N) is 1. The number of halogens is 3. The van der Waals surface area contributed by atoms with Crippen LogP contribution >= 0.6 is 27.5 Å². The maximum atomic E-state index is 14.0. The lowest BCUT2D eigenvalue weighted by Gasteiger charge is -2.18. The van der Waals surface area contributed by atoms with Crippen LogP contribution < -0.4 is 5.32 Å². The molecule has 1 aromatic carbocycles. The number of rotatable bonds is 5. The molecular formula is C13H15BrClFN4. The minimum absolute atomic E-state index is 0.0951. The number of hydrogen-bond acceptors (Lipinski definition) is 3. The van der Waals surface area contributed by atoms with E-state index in [0.29, 0.717) is 16.6 Å². The SMILES string of the molecule is CCNC(Cc1cccc(Cl)c1F)c1c(Br)nnn1C. The van der Waals surface area contributed by atoms with Gasteiger partial charge >= 0.3 is 0 Å². The fourth-order valence-corrected chi connectivity index (χ4v) is 2.94. The molecular weight excluding hydrogens is 347 g/mol. The molecule has 0 spiro atoms. The zero-order chi connectivity index (χ0) is 14.7. The zero-order valence-corrected chi connectivity index (χ0v) is 13.5. The normalized spacial score (nSPS) is 12.7. The molecule has 1 unspecified atom stereocenters. The molecule has 1 aromatic heterocycles. The number of likely N-dealkylation sites (N-methyl/N-ethyl adjacent to an activating group) is 1. The fraction of sp³-hybridized carbons (Fsp3) is 0.385. The molecule has 1 atom stereocenters. The summed E-state index contributed by atoms with van der Waals surface area (Å²) in [4.78, 5) is 0. The first-order valence-corrected chi connectivity index (χ1v) is 7.43. The van der Waals surface area contributed by atoms with Crippen LogP contribution in [0.2, 0.25) is 5.02 Å². The van der Waals surface area contributed by atoms with Crippen molar-refractivity contribution in [3.63, 3.8) is 0 Å². The van der Waals surface area contributed by atoms with Gasteiger partial charge in [0.15, 0.2) is 4.60 Å². The van der Waals surface area contributed by atoms with Gasteiger partial charge in [-0.2, -0.15) is 0 Å². The van der Waals surface area contributed by atoms with E-state index in [1.54, 1.807) is 22.9 Å². The average molecular weight is 362 g/mol. The quantitative estimate of drug-likeness (QED) is 0.889. The molecule has 0 aliphatic heterocycles. The van der Waals surface area contributed by atoms with E-state index in [4.69, 9.17) is 11.6 Å². The highest BCUT2D eigenvalue weighted by molar-refractivity contribution is 9.10. The standard InChI is InChI=1S/C13H15BrClFN4/c1-3-17-10(12-13(14)18-19-20(12)2)7-8-5-4-6-9(15)11(8)16/h4-6,10,17H,3,7H2,1-2H3. The van der Waals surface area contributed by atoms with E-state index < -0.39 is 0 Å². The van der Waals surface area contributed by atoms with Crippen LogP contribution in [0.4, 0.5) is 4.39 Å². The number of nitrogens with zero attached hydrogens (tertiary/aromatic N) is 3. The Balaban J connectivity index is 2.33. The Bertz CT molecular complexity index is 583. The van der Waals surface area contributed by atoms with Crippen molar-refractivity contribution in [1.29, 1.82) is 0 Å². The van der Waals surface area contributed by atoms with E-state index >= 15 is 0 Å². The van der Waals surface area contributed by atoms with E-state index in [9.17, 15) is 4.39 Å². The van der Waals surface area contributed by atoms with Gasteiger partial charge in [0, 0.05) is 7.05 Å². The molecule has 2 rings (SSSR count). The summed E-state index contributed by atoms with van der Waals surface area (Å²) in [6, 6.07) is 4.94. The van der Waals surface area contributed by atoms with E-state index in [0.717, 1.165) is 12.2 Å². The summed E-state index contributed by atoms with van der Waals surface area (Å²) in [5.74, 6) is -0.372. The van der Waals surface area contributed by atoms with E-state index in [1.807, 2.05) is 14.0 Å². The van der Waals surface area contributed by atoms with Crippen LogP contribution in [0.15, 0.2) is 22.8 Å². The van der Waals surface area contributed by atoms with Gasteiger partial charge in [-0.05, 0) is 40.5 Å². The maximum Gasteiger partial charge on any atom is 0.153 e. The smallest absolute Gasteiger partial charge is 0.153 e. The predicted molar refractivity (Wildman–Crippen MR) is 80.2 cm³/mol. The van der Waals surface area contributed by atoms with E-state index in [2.05, 4.69) is 31.6 Å². The van der Waals surface area contributed by atoms with Gasteiger partial charge in [-0.1, -0.05) is 35.9 Å². The third-order valence-corrected chi connectivity index (χ3v) is 3.92. The molecule has 20 heavy (non-hydrogen) atoms. The Morgan fingerprint density at radius 1 is 1.50 bits per heavy atom. The van der Waals surface area contributed by atoms with Gasteiger partial charge < -0.3 is 5.32 Å². The molecule has 0 aliphatic rings. The summed E-state index contributed by atoms with van der Waals surface area (Å²) in [5.41, 5.74) is 1.45. The van der Waals surface area contributed by atoms with Crippen molar-refractivity contribution >= 4 is 27.5 Å². The molecule has 0 bridgehead atoms. The van der Waals surface area contributed by atoms with Crippen LogP contribution in [-0.4, -0.2) is 21.5 Å². The monoisotopic (exact) mass is 360 g/mol. The number of benzene rings is 1. The highest BCUT2D eigenvalue weighted by atomic mass is 79.9. The number of aryl methyl sites for hydroxylation is 1. The summed E-state index contributed by atoms with van der Waals surface area (Å²) in [6.07, 6.45) is 0.472. The second kappa shape index (κ2) is 6.65. The second-order valence-corrected chi connectivity index (χ2v) is 5.57. The summed E-state index contributed by atoms with van der Waals surface area (Å²) in [6.45, 7) is 2.75. The molecule has 2 aromatic rings. The molecule has 0 radical (unpaired) electrons.